The van der Waals surface area contributed by atoms with Gasteiger partial charge in [-0.25, -0.2) is 4.98 Å². The van der Waals surface area contributed by atoms with Crippen molar-refractivity contribution >= 4 is 23.2 Å². The number of carboxylic acid groups (broad SMARTS) is 1. The van der Waals surface area contributed by atoms with Gasteiger partial charge < -0.3 is 10.4 Å². The molecule has 1 atom stereocenters. The summed E-state index contributed by atoms with van der Waals surface area (Å²) in [6.07, 6.45) is 0. The lowest BCUT2D eigenvalue weighted by Gasteiger charge is -2.31. The minimum atomic E-state index is -0.918. The van der Waals surface area contributed by atoms with E-state index in [4.69, 9.17) is 5.11 Å². The molecule has 1 fully saturated rings. The maximum Gasteiger partial charge on any atom is 0.322 e. The molecule has 1 aliphatic heterocycles. The Morgan fingerprint density at radius 3 is 3.12 bits per heavy atom. The number of carbonyl (C=O) groups is 2. The van der Waals surface area contributed by atoms with Crippen LogP contribution in [0.1, 0.15) is 10.7 Å². The van der Waals surface area contributed by atoms with Crippen LogP contribution in [0.4, 0.5) is 0 Å². The van der Waals surface area contributed by atoms with E-state index in [9.17, 15) is 9.59 Å². The fourth-order valence-electron chi connectivity index (χ4n) is 1.75. The third kappa shape index (κ3) is 2.80. The van der Waals surface area contributed by atoms with Gasteiger partial charge in [-0.15, -0.1) is 11.3 Å². The number of hydrogen-bond donors (Lipinski definition) is 2. The number of aryl methyl sites for hydroxylation is 1. The van der Waals surface area contributed by atoms with Crippen LogP contribution in [-0.2, 0) is 16.1 Å². The maximum absolute atomic E-state index is 11.3. The molecule has 0 radical (unpaired) electrons. The van der Waals surface area contributed by atoms with Gasteiger partial charge in [0.05, 0.1) is 13.1 Å². The standard InChI is InChI=1S/C10H13N3O3S/c1-6-5-17-9(12-6)4-13-3-8(14)11-2-7(13)10(15)16/h5,7H,2-4H2,1H3,(H,11,14)(H,15,16). The summed E-state index contributed by atoms with van der Waals surface area (Å²) in [5, 5.41) is 14.4. The van der Waals surface area contributed by atoms with Crippen molar-refractivity contribution in [3.05, 3.63) is 16.1 Å². The van der Waals surface area contributed by atoms with Crippen LogP contribution in [0, 0.1) is 6.92 Å². The molecule has 6 nitrogen and oxygen atoms in total. The molecular weight excluding hydrogens is 242 g/mol. The number of thiazole rings is 1. The molecule has 2 heterocycles. The number of piperazine rings is 1. The van der Waals surface area contributed by atoms with Crippen LogP contribution in [0.3, 0.4) is 0 Å². The molecule has 17 heavy (non-hydrogen) atoms. The smallest absolute Gasteiger partial charge is 0.322 e. The summed E-state index contributed by atoms with van der Waals surface area (Å²) >= 11 is 1.48. The van der Waals surface area contributed by atoms with Gasteiger partial charge in [-0.3, -0.25) is 14.5 Å². The van der Waals surface area contributed by atoms with E-state index in [1.165, 1.54) is 11.3 Å². The first-order valence-electron chi connectivity index (χ1n) is 5.21. The Bertz CT molecular complexity index is 446. The summed E-state index contributed by atoms with van der Waals surface area (Å²) in [5.41, 5.74) is 0.915. The van der Waals surface area contributed by atoms with E-state index in [1.54, 1.807) is 4.90 Å². The molecular formula is C10H13N3O3S. The average Bonchev–Trinajstić information content (AvgIpc) is 2.63. The molecule has 2 N–H and O–H groups in total. The van der Waals surface area contributed by atoms with Gasteiger partial charge in [0.2, 0.25) is 5.91 Å². The number of rotatable bonds is 3. The van der Waals surface area contributed by atoms with E-state index in [1.807, 2.05) is 12.3 Å². The maximum atomic E-state index is 11.3. The minimum Gasteiger partial charge on any atom is -0.480 e. The number of aromatic nitrogens is 1. The first kappa shape index (κ1) is 12.0. The summed E-state index contributed by atoms with van der Waals surface area (Å²) in [5.74, 6) is -1.06. The normalized spacial score (nSPS) is 21.2. The van der Waals surface area contributed by atoms with Crippen molar-refractivity contribution in [1.29, 1.82) is 0 Å². The highest BCUT2D eigenvalue weighted by Gasteiger charge is 2.32. The molecule has 1 saturated heterocycles. The van der Waals surface area contributed by atoms with Crippen LogP contribution < -0.4 is 5.32 Å². The zero-order chi connectivity index (χ0) is 12.4. The number of nitrogens with zero attached hydrogens (tertiary/aromatic N) is 2. The minimum absolute atomic E-state index is 0.107. The lowest BCUT2D eigenvalue weighted by molar-refractivity contribution is -0.146. The predicted molar refractivity (Wildman–Crippen MR) is 61.7 cm³/mol. The molecule has 0 spiro atoms. The van der Waals surface area contributed by atoms with Gasteiger partial charge in [0, 0.05) is 17.6 Å². The number of carbonyl (C=O) groups excluding carboxylic acids is 1. The van der Waals surface area contributed by atoms with Gasteiger partial charge in [-0.05, 0) is 6.92 Å². The Morgan fingerprint density at radius 2 is 2.53 bits per heavy atom. The van der Waals surface area contributed by atoms with Crippen LogP contribution in [-0.4, -0.2) is 46.0 Å². The fourth-order valence-corrected chi connectivity index (χ4v) is 2.55. The zero-order valence-electron chi connectivity index (χ0n) is 9.34. The third-order valence-corrected chi connectivity index (χ3v) is 3.52. The summed E-state index contributed by atoms with van der Waals surface area (Å²) in [6.45, 7) is 2.55. The second-order valence-corrected chi connectivity index (χ2v) is 4.89. The van der Waals surface area contributed by atoms with Crippen molar-refractivity contribution < 1.29 is 14.7 Å². The van der Waals surface area contributed by atoms with E-state index in [-0.39, 0.29) is 19.0 Å². The van der Waals surface area contributed by atoms with Crippen LogP contribution in [0.15, 0.2) is 5.38 Å². The zero-order valence-corrected chi connectivity index (χ0v) is 10.2. The van der Waals surface area contributed by atoms with Gasteiger partial charge in [-0.1, -0.05) is 0 Å². The van der Waals surface area contributed by atoms with Crippen molar-refractivity contribution in [3.63, 3.8) is 0 Å². The van der Waals surface area contributed by atoms with Crippen LogP contribution >= 0.6 is 11.3 Å². The Hall–Kier alpha value is -1.47. The van der Waals surface area contributed by atoms with Crippen molar-refractivity contribution in [2.24, 2.45) is 0 Å². The largest absolute Gasteiger partial charge is 0.480 e. The lowest BCUT2D eigenvalue weighted by atomic mass is 10.2. The number of aliphatic carboxylic acids is 1. The fraction of sp³-hybridized carbons (Fsp3) is 0.500. The van der Waals surface area contributed by atoms with Gasteiger partial charge >= 0.3 is 5.97 Å². The Morgan fingerprint density at radius 1 is 1.76 bits per heavy atom. The molecule has 0 aliphatic carbocycles. The molecule has 1 unspecified atom stereocenters. The average molecular weight is 255 g/mol. The van der Waals surface area contributed by atoms with Gasteiger partial charge in [-0.2, -0.15) is 0 Å². The number of carboxylic acids is 1. The van der Waals surface area contributed by atoms with E-state index in [0.29, 0.717) is 6.54 Å². The van der Waals surface area contributed by atoms with Crippen LogP contribution in [0.25, 0.3) is 0 Å². The summed E-state index contributed by atoms with van der Waals surface area (Å²) < 4.78 is 0. The molecule has 1 aliphatic rings. The summed E-state index contributed by atoms with van der Waals surface area (Å²) in [4.78, 5) is 28.2. The van der Waals surface area contributed by atoms with Crippen molar-refractivity contribution in [2.45, 2.75) is 19.5 Å². The van der Waals surface area contributed by atoms with Gasteiger partial charge in [0.1, 0.15) is 11.0 Å². The highest BCUT2D eigenvalue weighted by molar-refractivity contribution is 7.09. The Balaban J connectivity index is 2.09. The highest BCUT2D eigenvalue weighted by atomic mass is 32.1. The first-order valence-corrected chi connectivity index (χ1v) is 6.09. The van der Waals surface area contributed by atoms with Crippen LogP contribution in [0.2, 0.25) is 0 Å². The van der Waals surface area contributed by atoms with E-state index in [2.05, 4.69) is 10.3 Å². The first-order chi connectivity index (χ1) is 8.06. The molecule has 92 valence electrons. The molecule has 1 aromatic rings. The third-order valence-electron chi connectivity index (χ3n) is 2.57. The molecule has 0 saturated carbocycles. The van der Waals surface area contributed by atoms with Crippen LogP contribution in [0.5, 0.6) is 0 Å². The monoisotopic (exact) mass is 255 g/mol. The summed E-state index contributed by atoms with van der Waals surface area (Å²) in [6, 6.07) is -0.670. The SMILES string of the molecule is Cc1csc(CN2CC(=O)NCC2C(=O)O)n1. The van der Waals surface area contributed by atoms with E-state index < -0.39 is 12.0 Å². The topological polar surface area (TPSA) is 82.5 Å². The second kappa shape index (κ2) is 4.80. The molecule has 0 bridgehead atoms. The van der Waals surface area contributed by atoms with Crippen molar-refractivity contribution in [1.82, 2.24) is 15.2 Å². The van der Waals surface area contributed by atoms with Gasteiger partial charge in [0.25, 0.3) is 0 Å². The predicted octanol–water partition coefficient (Wildman–Crippen LogP) is -0.163. The van der Waals surface area contributed by atoms with Gasteiger partial charge in [0.15, 0.2) is 0 Å². The molecule has 0 aromatic carbocycles. The van der Waals surface area contributed by atoms with Crippen molar-refractivity contribution in [3.8, 4) is 0 Å². The lowest BCUT2D eigenvalue weighted by Crippen LogP contribution is -2.56. The molecule has 2 rings (SSSR count). The summed E-state index contributed by atoms with van der Waals surface area (Å²) in [7, 11) is 0. The van der Waals surface area contributed by atoms with E-state index in [0.717, 1.165) is 10.7 Å². The molecule has 7 heteroatoms. The Labute approximate surface area is 102 Å². The second-order valence-electron chi connectivity index (χ2n) is 3.95. The highest BCUT2D eigenvalue weighted by Crippen LogP contribution is 2.14. The number of amides is 1. The number of hydrogen-bond acceptors (Lipinski definition) is 5. The molecule has 1 aromatic heterocycles. The Kier molecular flexibility index (Phi) is 3.39. The van der Waals surface area contributed by atoms with Crippen molar-refractivity contribution in [2.75, 3.05) is 13.1 Å². The molecule has 1 amide bonds. The van der Waals surface area contributed by atoms with E-state index >= 15 is 0 Å². The number of nitrogens with one attached hydrogen (secondary N) is 1. The quantitative estimate of drug-likeness (QED) is 0.784.